The molecular weight excluding hydrogens is 419 g/mol. The fourth-order valence-corrected chi connectivity index (χ4v) is 3.45. The Labute approximate surface area is 186 Å². The van der Waals surface area contributed by atoms with Gasteiger partial charge in [0.15, 0.2) is 0 Å². The van der Waals surface area contributed by atoms with E-state index in [1.807, 2.05) is 13.0 Å². The van der Waals surface area contributed by atoms with Crippen molar-refractivity contribution in [3.63, 3.8) is 0 Å². The van der Waals surface area contributed by atoms with Gasteiger partial charge >= 0.3 is 0 Å². The maximum Gasteiger partial charge on any atom is 0.278 e. The number of amides is 2. The Kier molecular flexibility index (Phi) is 7.82. The second-order valence-electron chi connectivity index (χ2n) is 7.43. The molecule has 3 rings (SSSR count). The number of nitrogens with zero attached hydrogens (tertiary/aromatic N) is 1. The van der Waals surface area contributed by atoms with Crippen molar-refractivity contribution in [1.82, 2.24) is 4.90 Å². The Morgan fingerprint density at radius 2 is 1.74 bits per heavy atom. The highest BCUT2D eigenvalue weighted by Crippen LogP contribution is 2.31. The van der Waals surface area contributed by atoms with E-state index in [9.17, 15) is 14.0 Å². The first kappa shape index (κ1) is 23.0. The minimum Gasteiger partial charge on any atom is -0.381 e. The van der Waals surface area contributed by atoms with Crippen LogP contribution in [0.25, 0.3) is 5.57 Å². The molecule has 0 bridgehead atoms. The molecule has 0 saturated carbocycles. The summed E-state index contributed by atoms with van der Waals surface area (Å²) in [5.41, 5.74) is 2.34. The van der Waals surface area contributed by atoms with Crippen molar-refractivity contribution in [2.45, 2.75) is 33.1 Å². The second-order valence-corrected chi connectivity index (χ2v) is 7.83. The van der Waals surface area contributed by atoms with Gasteiger partial charge in [-0.05, 0) is 55.2 Å². The quantitative estimate of drug-likeness (QED) is 0.405. The zero-order chi connectivity index (χ0) is 22.4. The number of ether oxygens (including phenoxy) is 1. The van der Waals surface area contributed by atoms with Crippen LogP contribution >= 0.6 is 11.6 Å². The first-order chi connectivity index (χ1) is 14.9. The maximum atomic E-state index is 13.4. The van der Waals surface area contributed by atoms with E-state index >= 15 is 0 Å². The standard InChI is InChI=1S/C24H26ClFN2O3/c1-3-4-13-31-14-5-12-28-23(29)21(17-7-9-18(26)10-8-17)22(24(28)30)27-19-11-6-16(2)20(25)15-19/h6-11,15,27H,3-5,12-14H2,1-2H3. The van der Waals surface area contributed by atoms with Crippen LogP contribution in [0.3, 0.4) is 0 Å². The monoisotopic (exact) mass is 444 g/mol. The SMILES string of the molecule is CCCCOCCCN1C(=O)C(Nc2ccc(C)c(Cl)c2)=C(c2ccc(F)cc2)C1=O. The molecule has 5 nitrogen and oxygen atoms in total. The molecule has 0 spiro atoms. The first-order valence-corrected chi connectivity index (χ1v) is 10.8. The van der Waals surface area contributed by atoms with Crippen LogP contribution in [0.2, 0.25) is 5.02 Å². The summed E-state index contributed by atoms with van der Waals surface area (Å²) < 4.78 is 19.0. The summed E-state index contributed by atoms with van der Waals surface area (Å²) in [5.74, 6) is -1.25. The molecule has 2 aromatic rings. The van der Waals surface area contributed by atoms with E-state index in [0.717, 1.165) is 18.4 Å². The summed E-state index contributed by atoms with van der Waals surface area (Å²) in [5, 5.41) is 3.61. The highest BCUT2D eigenvalue weighted by Gasteiger charge is 2.38. The third kappa shape index (κ3) is 5.51. The Bertz CT molecular complexity index is 989. The molecule has 0 fully saturated rings. The number of carbonyl (C=O) groups excluding carboxylic acids is 2. The number of unbranched alkanes of at least 4 members (excludes halogenated alkanes) is 1. The Hall–Kier alpha value is -2.70. The maximum absolute atomic E-state index is 13.4. The van der Waals surface area contributed by atoms with Gasteiger partial charge in [-0.15, -0.1) is 0 Å². The van der Waals surface area contributed by atoms with Crippen LogP contribution in [0.1, 0.15) is 37.3 Å². The highest BCUT2D eigenvalue weighted by molar-refractivity contribution is 6.36. The van der Waals surface area contributed by atoms with Gasteiger partial charge in [-0.3, -0.25) is 14.5 Å². The molecule has 1 N–H and O–H groups in total. The molecule has 0 aliphatic carbocycles. The zero-order valence-electron chi connectivity index (χ0n) is 17.7. The predicted octanol–water partition coefficient (Wildman–Crippen LogP) is 5.19. The number of anilines is 1. The normalized spacial score (nSPS) is 14.0. The summed E-state index contributed by atoms with van der Waals surface area (Å²) in [6.45, 7) is 5.35. The van der Waals surface area contributed by atoms with Crippen LogP contribution in [0, 0.1) is 12.7 Å². The van der Waals surface area contributed by atoms with Gasteiger partial charge in [-0.25, -0.2) is 4.39 Å². The third-order valence-electron chi connectivity index (χ3n) is 5.05. The fraction of sp³-hybridized carbons (Fsp3) is 0.333. The first-order valence-electron chi connectivity index (χ1n) is 10.4. The minimum atomic E-state index is -0.422. The molecule has 2 aromatic carbocycles. The lowest BCUT2D eigenvalue weighted by molar-refractivity contribution is -0.137. The van der Waals surface area contributed by atoms with Crippen LogP contribution < -0.4 is 5.32 Å². The van der Waals surface area contributed by atoms with E-state index in [-0.39, 0.29) is 17.8 Å². The topological polar surface area (TPSA) is 58.6 Å². The van der Waals surface area contributed by atoms with Gasteiger partial charge in [-0.2, -0.15) is 0 Å². The molecule has 0 radical (unpaired) electrons. The smallest absolute Gasteiger partial charge is 0.278 e. The third-order valence-corrected chi connectivity index (χ3v) is 5.46. The summed E-state index contributed by atoms with van der Waals surface area (Å²) in [6.07, 6.45) is 2.57. The molecule has 1 aliphatic heterocycles. The van der Waals surface area contributed by atoms with Gasteiger partial charge in [-0.1, -0.05) is 43.1 Å². The number of imide groups is 1. The van der Waals surface area contributed by atoms with Crippen LogP contribution in [-0.2, 0) is 14.3 Å². The molecule has 0 unspecified atom stereocenters. The molecular formula is C24H26ClFN2O3. The number of hydrogen-bond donors (Lipinski definition) is 1. The summed E-state index contributed by atoms with van der Waals surface area (Å²) >= 11 is 6.21. The van der Waals surface area contributed by atoms with E-state index in [1.165, 1.54) is 29.2 Å². The average molecular weight is 445 g/mol. The van der Waals surface area contributed by atoms with E-state index in [2.05, 4.69) is 12.2 Å². The number of hydrogen-bond acceptors (Lipinski definition) is 4. The summed E-state index contributed by atoms with van der Waals surface area (Å²) in [6, 6.07) is 10.9. The van der Waals surface area contributed by atoms with Crippen molar-refractivity contribution in [1.29, 1.82) is 0 Å². The number of rotatable bonds is 10. The lowest BCUT2D eigenvalue weighted by Gasteiger charge is -2.15. The molecule has 31 heavy (non-hydrogen) atoms. The largest absolute Gasteiger partial charge is 0.381 e. The Balaban J connectivity index is 1.84. The molecule has 7 heteroatoms. The van der Waals surface area contributed by atoms with Gasteiger partial charge in [0, 0.05) is 30.5 Å². The van der Waals surface area contributed by atoms with E-state index in [1.54, 1.807) is 12.1 Å². The molecule has 2 amide bonds. The van der Waals surface area contributed by atoms with Crippen molar-refractivity contribution in [3.05, 3.63) is 70.1 Å². The van der Waals surface area contributed by atoms with Crippen molar-refractivity contribution >= 4 is 34.7 Å². The van der Waals surface area contributed by atoms with Gasteiger partial charge < -0.3 is 10.1 Å². The van der Waals surface area contributed by atoms with Crippen molar-refractivity contribution < 1.29 is 18.7 Å². The number of benzene rings is 2. The van der Waals surface area contributed by atoms with Crippen LogP contribution in [0.15, 0.2) is 48.2 Å². The molecule has 1 aliphatic rings. The molecule has 0 aromatic heterocycles. The van der Waals surface area contributed by atoms with Gasteiger partial charge in [0.05, 0.1) is 5.57 Å². The zero-order valence-corrected chi connectivity index (χ0v) is 18.5. The van der Waals surface area contributed by atoms with Gasteiger partial charge in [0.2, 0.25) is 0 Å². The summed E-state index contributed by atoms with van der Waals surface area (Å²) in [7, 11) is 0. The highest BCUT2D eigenvalue weighted by atomic mass is 35.5. The van der Waals surface area contributed by atoms with Gasteiger partial charge in [0.1, 0.15) is 11.5 Å². The predicted molar refractivity (Wildman–Crippen MR) is 120 cm³/mol. The second kappa shape index (κ2) is 10.6. The number of carbonyl (C=O) groups is 2. The number of halogens is 2. The van der Waals surface area contributed by atoms with Crippen molar-refractivity contribution in [2.24, 2.45) is 0 Å². The van der Waals surface area contributed by atoms with E-state index in [0.29, 0.717) is 35.9 Å². The lowest BCUT2D eigenvalue weighted by Crippen LogP contribution is -2.34. The van der Waals surface area contributed by atoms with E-state index < -0.39 is 17.6 Å². The average Bonchev–Trinajstić information content (AvgIpc) is 2.98. The Morgan fingerprint density at radius 1 is 1.03 bits per heavy atom. The minimum absolute atomic E-state index is 0.156. The van der Waals surface area contributed by atoms with Crippen LogP contribution in [0.4, 0.5) is 10.1 Å². The van der Waals surface area contributed by atoms with Gasteiger partial charge in [0.25, 0.3) is 11.8 Å². The van der Waals surface area contributed by atoms with Crippen molar-refractivity contribution in [3.8, 4) is 0 Å². The number of aryl methyl sites for hydroxylation is 1. The van der Waals surface area contributed by atoms with Crippen molar-refractivity contribution in [2.75, 3.05) is 25.1 Å². The molecule has 164 valence electrons. The molecule has 0 saturated heterocycles. The Morgan fingerprint density at radius 3 is 2.42 bits per heavy atom. The molecule has 0 atom stereocenters. The van der Waals surface area contributed by atoms with E-state index in [4.69, 9.17) is 16.3 Å². The van der Waals surface area contributed by atoms with Crippen LogP contribution in [0.5, 0.6) is 0 Å². The number of nitrogens with one attached hydrogen (secondary N) is 1. The lowest BCUT2D eigenvalue weighted by atomic mass is 10.0. The van der Waals surface area contributed by atoms with Crippen LogP contribution in [-0.4, -0.2) is 36.5 Å². The summed E-state index contributed by atoms with van der Waals surface area (Å²) in [4.78, 5) is 27.5. The molecule has 1 heterocycles. The fourth-order valence-electron chi connectivity index (χ4n) is 3.27.